The number of rotatable bonds is 7. The van der Waals surface area contributed by atoms with Crippen LogP contribution in [0.1, 0.15) is 0 Å². The van der Waals surface area contributed by atoms with Gasteiger partial charge in [0.15, 0.2) is 0 Å². The van der Waals surface area contributed by atoms with Crippen molar-refractivity contribution < 1.29 is 22.7 Å². The first-order valence-corrected chi connectivity index (χ1v) is 8.41. The van der Waals surface area contributed by atoms with Crippen molar-refractivity contribution >= 4 is 10.0 Å². The fourth-order valence-corrected chi connectivity index (χ4v) is 3.15. The summed E-state index contributed by atoms with van der Waals surface area (Å²) in [7, 11) is -2.43. The van der Waals surface area contributed by atoms with Gasteiger partial charge < -0.3 is 9.84 Å². The third kappa shape index (κ3) is 4.75. The molecule has 0 aliphatic heterocycles. The lowest BCUT2D eigenvalue weighted by Crippen LogP contribution is -2.37. The standard InChI is InChI=1S/C16H18FNO4S/c1-18(23(20,21)16-9-7-13(17)8-10-16)11-14(19)12-22-15-5-3-2-4-6-15/h2-10,14,19H,11-12H2,1H3/t14-/m0/s1. The molecule has 7 heteroatoms. The van der Waals surface area contributed by atoms with E-state index < -0.39 is 21.9 Å². The number of ether oxygens (including phenoxy) is 1. The Labute approximate surface area is 135 Å². The van der Waals surface area contributed by atoms with Crippen molar-refractivity contribution in [2.45, 2.75) is 11.0 Å². The number of nitrogens with zero attached hydrogens (tertiary/aromatic N) is 1. The Bertz CT molecular complexity index is 720. The fraction of sp³-hybridized carbons (Fsp3) is 0.250. The number of benzene rings is 2. The molecule has 0 bridgehead atoms. The molecule has 0 aromatic heterocycles. The van der Waals surface area contributed by atoms with Gasteiger partial charge in [-0.2, -0.15) is 4.31 Å². The Morgan fingerprint density at radius 3 is 2.35 bits per heavy atom. The maximum atomic E-state index is 12.9. The van der Waals surface area contributed by atoms with Gasteiger partial charge in [0.25, 0.3) is 0 Å². The minimum Gasteiger partial charge on any atom is -0.491 e. The Morgan fingerprint density at radius 1 is 1.13 bits per heavy atom. The molecule has 0 aliphatic carbocycles. The van der Waals surface area contributed by atoms with Crippen LogP contribution in [0.3, 0.4) is 0 Å². The lowest BCUT2D eigenvalue weighted by atomic mass is 10.3. The van der Waals surface area contributed by atoms with E-state index >= 15 is 0 Å². The Hall–Kier alpha value is -1.96. The van der Waals surface area contributed by atoms with Crippen LogP contribution in [0, 0.1) is 5.82 Å². The summed E-state index contributed by atoms with van der Waals surface area (Å²) in [6, 6.07) is 13.5. The van der Waals surface area contributed by atoms with Gasteiger partial charge in [0, 0.05) is 13.6 Å². The molecule has 0 unspecified atom stereocenters. The Kier molecular flexibility index (Phi) is 5.70. The van der Waals surface area contributed by atoms with Gasteiger partial charge in [0.05, 0.1) is 4.90 Å². The summed E-state index contributed by atoms with van der Waals surface area (Å²) < 4.78 is 43.9. The number of aliphatic hydroxyl groups is 1. The van der Waals surface area contributed by atoms with E-state index in [1.807, 2.05) is 6.07 Å². The third-order valence-corrected chi connectivity index (χ3v) is 5.01. The number of para-hydroxylation sites is 1. The van der Waals surface area contributed by atoms with Crippen molar-refractivity contribution in [1.29, 1.82) is 0 Å². The highest BCUT2D eigenvalue weighted by atomic mass is 32.2. The summed E-state index contributed by atoms with van der Waals surface area (Å²) in [6.07, 6.45) is -0.990. The number of hydrogen-bond donors (Lipinski definition) is 1. The van der Waals surface area contributed by atoms with E-state index in [0.29, 0.717) is 5.75 Å². The maximum absolute atomic E-state index is 12.9. The van der Waals surface area contributed by atoms with Crippen LogP contribution in [0.2, 0.25) is 0 Å². The number of likely N-dealkylation sites (N-methyl/N-ethyl adjacent to an activating group) is 1. The molecule has 1 N–H and O–H groups in total. The SMILES string of the molecule is CN(C[C@H](O)COc1ccccc1)S(=O)(=O)c1ccc(F)cc1. The van der Waals surface area contributed by atoms with E-state index in [4.69, 9.17) is 4.74 Å². The highest BCUT2D eigenvalue weighted by Crippen LogP contribution is 2.15. The molecule has 0 amide bonds. The lowest BCUT2D eigenvalue weighted by Gasteiger charge is -2.20. The molecule has 1 atom stereocenters. The quantitative estimate of drug-likeness (QED) is 0.836. The van der Waals surface area contributed by atoms with Crippen molar-refractivity contribution in [2.75, 3.05) is 20.2 Å². The van der Waals surface area contributed by atoms with E-state index in [-0.39, 0.29) is 18.0 Å². The maximum Gasteiger partial charge on any atom is 0.242 e. The second kappa shape index (κ2) is 7.54. The van der Waals surface area contributed by atoms with Gasteiger partial charge in [-0.3, -0.25) is 0 Å². The van der Waals surface area contributed by atoms with Crippen LogP contribution >= 0.6 is 0 Å². The number of halogens is 1. The predicted molar refractivity (Wildman–Crippen MR) is 84.2 cm³/mol. The average Bonchev–Trinajstić information content (AvgIpc) is 2.54. The molecule has 0 saturated carbocycles. The van der Waals surface area contributed by atoms with Crippen LogP contribution in [0.25, 0.3) is 0 Å². The number of aliphatic hydroxyl groups excluding tert-OH is 1. The Balaban J connectivity index is 1.94. The first kappa shape index (κ1) is 17.4. The monoisotopic (exact) mass is 339 g/mol. The van der Waals surface area contributed by atoms with E-state index in [1.165, 1.54) is 19.2 Å². The molecule has 23 heavy (non-hydrogen) atoms. The molecule has 2 aromatic rings. The molecule has 0 spiro atoms. The van der Waals surface area contributed by atoms with Gasteiger partial charge in [-0.15, -0.1) is 0 Å². The molecule has 5 nitrogen and oxygen atoms in total. The minimum absolute atomic E-state index is 0.0300. The second-order valence-electron chi connectivity index (χ2n) is 5.02. The van der Waals surface area contributed by atoms with Crippen LogP contribution in [0.4, 0.5) is 4.39 Å². The van der Waals surface area contributed by atoms with Gasteiger partial charge in [0.2, 0.25) is 10.0 Å². The van der Waals surface area contributed by atoms with Crippen molar-refractivity contribution in [1.82, 2.24) is 4.31 Å². The summed E-state index contributed by atoms with van der Waals surface area (Å²) in [5, 5.41) is 9.94. The first-order valence-electron chi connectivity index (χ1n) is 6.97. The summed E-state index contributed by atoms with van der Waals surface area (Å²) >= 11 is 0. The van der Waals surface area contributed by atoms with Crippen molar-refractivity contribution in [3.05, 3.63) is 60.4 Å². The molecule has 2 rings (SSSR count). The molecular weight excluding hydrogens is 321 g/mol. The molecule has 0 fully saturated rings. The van der Waals surface area contributed by atoms with E-state index in [2.05, 4.69) is 0 Å². The molecule has 0 aliphatic rings. The summed E-state index contributed by atoms with van der Waals surface area (Å²) in [5.41, 5.74) is 0. The predicted octanol–water partition coefficient (Wildman–Crippen LogP) is 1.89. The molecular formula is C16H18FNO4S. The van der Waals surface area contributed by atoms with Crippen LogP contribution in [-0.2, 0) is 10.0 Å². The first-order chi connectivity index (χ1) is 10.9. The highest BCUT2D eigenvalue weighted by molar-refractivity contribution is 7.89. The molecule has 2 aromatic carbocycles. The van der Waals surface area contributed by atoms with Gasteiger partial charge in [-0.1, -0.05) is 18.2 Å². The lowest BCUT2D eigenvalue weighted by molar-refractivity contribution is 0.0936. The van der Waals surface area contributed by atoms with Gasteiger partial charge in [0.1, 0.15) is 24.3 Å². The zero-order valence-corrected chi connectivity index (χ0v) is 13.4. The number of hydrogen-bond acceptors (Lipinski definition) is 4. The molecule has 0 radical (unpaired) electrons. The summed E-state index contributed by atoms with van der Waals surface area (Å²) in [4.78, 5) is -0.0300. The third-order valence-electron chi connectivity index (χ3n) is 3.18. The molecule has 124 valence electrons. The van der Waals surface area contributed by atoms with Crippen LogP contribution in [0.15, 0.2) is 59.5 Å². The van der Waals surface area contributed by atoms with E-state index in [0.717, 1.165) is 16.4 Å². The van der Waals surface area contributed by atoms with E-state index in [9.17, 15) is 17.9 Å². The van der Waals surface area contributed by atoms with Crippen molar-refractivity contribution in [3.8, 4) is 5.75 Å². The highest BCUT2D eigenvalue weighted by Gasteiger charge is 2.23. The summed E-state index contributed by atoms with van der Waals surface area (Å²) in [5.74, 6) is 0.0819. The zero-order valence-electron chi connectivity index (χ0n) is 12.6. The van der Waals surface area contributed by atoms with Gasteiger partial charge >= 0.3 is 0 Å². The van der Waals surface area contributed by atoms with Crippen LogP contribution in [0.5, 0.6) is 5.75 Å². The topological polar surface area (TPSA) is 66.8 Å². The smallest absolute Gasteiger partial charge is 0.242 e. The minimum atomic E-state index is -3.78. The van der Waals surface area contributed by atoms with Crippen molar-refractivity contribution in [2.24, 2.45) is 0 Å². The van der Waals surface area contributed by atoms with Crippen LogP contribution < -0.4 is 4.74 Å². The average molecular weight is 339 g/mol. The Morgan fingerprint density at radius 2 is 1.74 bits per heavy atom. The molecule has 0 heterocycles. The fourth-order valence-electron chi connectivity index (χ4n) is 1.94. The zero-order chi connectivity index (χ0) is 16.9. The van der Waals surface area contributed by atoms with Gasteiger partial charge in [-0.25, -0.2) is 12.8 Å². The van der Waals surface area contributed by atoms with Gasteiger partial charge in [-0.05, 0) is 36.4 Å². The van der Waals surface area contributed by atoms with E-state index in [1.54, 1.807) is 24.3 Å². The largest absolute Gasteiger partial charge is 0.491 e. The number of sulfonamides is 1. The van der Waals surface area contributed by atoms with Crippen molar-refractivity contribution in [3.63, 3.8) is 0 Å². The van der Waals surface area contributed by atoms with Crippen LogP contribution in [-0.4, -0.2) is 44.1 Å². The summed E-state index contributed by atoms with van der Waals surface area (Å²) in [6.45, 7) is -0.167. The molecule has 0 saturated heterocycles. The normalized spacial score (nSPS) is 13.0. The second-order valence-corrected chi connectivity index (χ2v) is 7.06.